The Labute approximate surface area is 70.2 Å². The zero-order valence-corrected chi connectivity index (χ0v) is 6.74. The summed E-state index contributed by atoms with van der Waals surface area (Å²) in [6, 6.07) is 3.73. The Morgan fingerprint density at radius 3 is 3.33 bits per heavy atom. The normalized spacial score (nSPS) is 15.4. The van der Waals surface area contributed by atoms with Gasteiger partial charge in [-0.15, -0.1) is 0 Å². The first kappa shape index (κ1) is 7.09. The predicted octanol–water partition coefficient (Wildman–Crippen LogP) is 0.741. The lowest BCUT2D eigenvalue weighted by Crippen LogP contribution is -2.42. The summed E-state index contributed by atoms with van der Waals surface area (Å²) in [6.07, 6.45) is 1.69. The van der Waals surface area contributed by atoms with Crippen LogP contribution in [0.1, 0.15) is 5.56 Å². The lowest BCUT2D eigenvalue weighted by Gasteiger charge is -2.24. The molecular weight excluding hydrogens is 154 g/mol. The van der Waals surface area contributed by atoms with Crippen LogP contribution in [0.25, 0.3) is 0 Å². The second-order valence-corrected chi connectivity index (χ2v) is 2.70. The van der Waals surface area contributed by atoms with Crippen molar-refractivity contribution < 1.29 is 4.79 Å². The number of nitrogens with one attached hydrogen (secondary N) is 1. The zero-order valence-electron chi connectivity index (χ0n) is 6.74. The third kappa shape index (κ3) is 0.922. The molecule has 2 heterocycles. The number of fused-ring (bicyclic) bond motifs is 1. The van der Waals surface area contributed by atoms with Gasteiger partial charge in [0, 0.05) is 25.4 Å². The molecule has 1 aliphatic rings. The molecule has 0 saturated carbocycles. The van der Waals surface area contributed by atoms with Crippen molar-refractivity contribution in [1.82, 2.24) is 10.3 Å². The molecule has 0 fully saturated rings. The number of nitrogens with zero attached hydrogens (tertiary/aromatic N) is 2. The van der Waals surface area contributed by atoms with E-state index >= 15 is 0 Å². The van der Waals surface area contributed by atoms with E-state index in [-0.39, 0.29) is 6.03 Å². The van der Waals surface area contributed by atoms with E-state index in [4.69, 9.17) is 0 Å². The molecule has 2 rings (SSSR count). The van der Waals surface area contributed by atoms with Gasteiger partial charge in [0.1, 0.15) is 5.82 Å². The second-order valence-electron chi connectivity index (χ2n) is 2.70. The topological polar surface area (TPSA) is 45.2 Å². The molecule has 1 aromatic rings. The summed E-state index contributed by atoms with van der Waals surface area (Å²) in [7, 11) is 1.71. The fourth-order valence-electron chi connectivity index (χ4n) is 1.26. The van der Waals surface area contributed by atoms with Crippen molar-refractivity contribution in [3.63, 3.8) is 0 Å². The molecule has 0 saturated heterocycles. The van der Waals surface area contributed by atoms with Crippen LogP contribution in [0.5, 0.6) is 0 Å². The van der Waals surface area contributed by atoms with Crippen molar-refractivity contribution in [1.29, 1.82) is 0 Å². The lowest BCUT2D eigenvalue weighted by molar-refractivity contribution is 0.245. The average molecular weight is 163 g/mol. The smallest absolute Gasteiger partial charge is 0.323 e. The first-order valence-corrected chi connectivity index (χ1v) is 3.74. The largest absolute Gasteiger partial charge is 0.333 e. The van der Waals surface area contributed by atoms with E-state index in [1.807, 2.05) is 12.1 Å². The highest BCUT2D eigenvalue weighted by atomic mass is 16.2. The van der Waals surface area contributed by atoms with Gasteiger partial charge in [0.25, 0.3) is 0 Å². The lowest BCUT2D eigenvalue weighted by atomic mass is 10.2. The number of carbonyl (C=O) groups excluding carboxylic acids is 1. The first-order chi connectivity index (χ1) is 5.79. The number of rotatable bonds is 0. The van der Waals surface area contributed by atoms with E-state index in [1.54, 1.807) is 13.2 Å². The molecule has 0 atom stereocenters. The van der Waals surface area contributed by atoms with Gasteiger partial charge in [-0.3, -0.25) is 4.90 Å². The monoisotopic (exact) mass is 163 g/mol. The van der Waals surface area contributed by atoms with Crippen LogP contribution in [0.15, 0.2) is 18.3 Å². The van der Waals surface area contributed by atoms with Gasteiger partial charge < -0.3 is 5.32 Å². The summed E-state index contributed by atoms with van der Waals surface area (Å²) in [6.45, 7) is 0.576. The van der Waals surface area contributed by atoms with Crippen LogP contribution in [0.4, 0.5) is 10.6 Å². The van der Waals surface area contributed by atoms with E-state index < -0.39 is 0 Å². The molecule has 0 radical (unpaired) electrons. The van der Waals surface area contributed by atoms with Crippen molar-refractivity contribution >= 4 is 11.8 Å². The van der Waals surface area contributed by atoms with E-state index in [1.165, 1.54) is 4.90 Å². The van der Waals surface area contributed by atoms with Crippen molar-refractivity contribution in [2.75, 3.05) is 11.9 Å². The zero-order chi connectivity index (χ0) is 8.55. The minimum atomic E-state index is -0.0961. The first-order valence-electron chi connectivity index (χ1n) is 3.74. The van der Waals surface area contributed by atoms with Gasteiger partial charge >= 0.3 is 6.03 Å². The Kier molecular flexibility index (Phi) is 1.46. The molecule has 0 aromatic carbocycles. The van der Waals surface area contributed by atoms with E-state index in [0.29, 0.717) is 6.54 Å². The summed E-state index contributed by atoms with van der Waals surface area (Å²) in [4.78, 5) is 16.8. The summed E-state index contributed by atoms with van der Waals surface area (Å²) < 4.78 is 0. The van der Waals surface area contributed by atoms with Gasteiger partial charge in [-0.05, 0) is 6.07 Å². The average Bonchev–Trinajstić information content (AvgIpc) is 2.12. The molecule has 2 amide bonds. The molecule has 1 aromatic heterocycles. The molecule has 0 bridgehead atoms. The maximum absolute atomic E-state index is 11.1. The van der Waals surface area contributed by atoms with E-state index in [9.17, 15) is 4.79 Å². The molecule has 1 aliphatic heterocycles. The van der Waals surface area contributed by atoms with Crippen LogP contribution in [-0.4, -0.2) is 18.1 Å². The highest BCUT2D eigenvalue weighted by Gasteiger charge is 2.20. The number of urea groups is 1. The molecule has 0 spiro atoms. The van der Waals surface area contributed by atoms with E-state index in [2.05, 4.69) is 10.3 Å². The SMILES string of the molecule is CN1C(=O)NCc2cccnc21. The molecule has 4 heteroatoms. The highest BCUT2D eigenvalue weighted by Crippen LogP contribution is 2.18. The Hall–Kier alpha value is -1.58. The molecule has 12 heavy (non-hydrogen) atoms. The van der Waals surface area contributed by atoms with Gasteiger partial charge in [0.15, 0.2) is 0 Å². The number of anilines is 1. The van der Waals surface area contributed by atoms with Crippen LogP contribution in [0, 0.1) is 0 Å². The van der Waals surface area contributed by atoms with Crippen molar-refractivity contribution in [2.24, 2.45) is 0 Å². The standard InChI is InChI=1S/C8H9N3O/c1-11-7-6(3-2-4-9-7)5-10-8(11)12/h2-4H,5H2,1H3,(H,10,12). The summed E-state index contributed by atoms with van der Waals surface area (Å²) >= 11 is 0. The third-order valence-electron chi connectivity index (χ3n) is 1.92. The number of amides is 2. The third-order valence-corrected chi connectivity index (χ3v) is 1.92. The van der Waals surface area contributed by atoms with Crippen molar-refractivity contribution in [3.05, 3.63) is 23.9 Å². The van der Waals surface area contributed by atoms with Crippen LogP contribution >= 0.6 is 0 Å². The van der Waals surface area contributed by atoms with Gasteiger partial charge in [-0.2, -0.15) is 0 Å². The molecule has 1 N–H and O–H groups in total. The number of hydrogen-bond donors (Lipinski definition) is 1. The molecule has 0 aliphatic carbocycles. The van der Waals surface area contributed by atoms with Crippen LogP contribution < -0.4 is 10.2 Å². The minimum absolute atomic E-state index is 0.0961. The van der Waals surface area contributed by atoms with Gasteiger partial charge in [-0.1, -0.05) is 6.07 Å². The predicted molar refractivity (Wildman–Crippen MR) is 44.9 cm³/mol. The van der Waals surface area contributed by atoms with Gasteiger partial charge in [0.05, 0.1) is 0 Å². The van der Waals surface area contributed by atoms with Gasteiger partial charge in [0.2, 0.25) is 0 Å². The maximum Gasteiger partial charge on any atom is 0.323 e. The summed E-state index contributed by atoms with van der Waals surface area (Å²) in [5.41, 5.74) is 1.06. The van der Waals surface area contributed by atoms with E-state index in [0.717, 1.165) is 11.4 Å². The van der Waals surface area contributed by atoms with Crippen LogP contribution in [0.2, 0.25) is 0 Å². The molecule has 0 unspecified atom stereocenters. The number of hydrogen-bond acceptors (Lipinski definition) is 2. The van der Waals surface area contributed by atoms with Gasteiger partial charge in [-0.25, -0.2) is 9.78 Å². The number of pyridine rings is 1. The van der Waals surface area contributed by atoms with Crippen LogP contribution in [0.3, 0.4) is 0 Å². The molecular formula is C8H9N3O. The van der Waals surface area contributed by atoms with Crippen LogP contribution in [-0.2, 0) is 6.54 Å². The second kappa shape index (κ2) is 2.48. The van der Waals surface area contributed by atoms with Crippen molar-refractivity contribution in [3.8, 4) is 0 Å². The molecule has 62 valence electrons. The Morgan fingerprint density at radius 2 is 2.50 bits per heavy atom. The highest BCUT2D eigenvalue weighted by molar-refractivity contribution is 5.92. The summed E-state index contributed by atoms with van der Waals surface area (Å²) in [5, 5.41) is 2.73. The molecule has 4 nitrogen and oxygen atoms in total. The number of aromatic nitrogens is 1. The fraction of sp³-hybridized carbons (Fsp3) is 0.250. The summed E-state index contributed by atoms with van der Waals surface area (Å²) in [5.74, 6) is 0.751. The fourth-order valence-corrected chi connectivity index (χ4v) is 1.26. The minimum Gasteiger partial charge on any atom is -0.333 e. The maximum atomic E-state index is 11.1. The number of carbonyl (C=O) groups is 1. The quantitative estimate of drug-likeness (QED) is 0.613. The Bertz CT molecular complexity index is 324. The van der Waals surface area contributed by atoms with Crippen molar-refractivity contribution in [2.45, 2.75) is 6.54 Å². The Morgan fingerprint density at radius 1 is 1.67 bits per heavy atom. The Balaban J connectivity index is 2.48.